The lowest BCUT2D eigenvalue weighted by Gasteiger charge is -2.10. The van der Waals surface area contributed by atoms with E-state index in [-0.39, 0.29) is 18.3 Å². The fourth-order valence-corrected chi connectivity index (χ4v) is 3.99. The fraction of sp³-hybridized carbons (Fsp3) is 0.160. The Kier molecular flexibility index (Phi) is 7.41. The monoisotopic (exact) mass is 494 g/mol. The Labute approximate surface area is 205 Å². The van der Waals surface area contributed by atoms with E-state index in [1.54, 1.807) is 24.3 Å². The number of benzene rings is 2. The lowest BCUT2D eigenvalue weighted by Crippen LogP contribution is -2.19. The van der Waals surface area contributed by atoms with Gasteiger partial charge in [-0.2, -0.15) is 0 Å². The molecule has 0 spiro atoms. The van der Waals surface area contributed by atoms with Gasteiger partial charge in [0, 0.05) is 0 Å². The van der Waals surface area contributed by atoms with Crippen LogP contribution in [0.5, 0.6) is 17.2 Å². The summed E-state index contributed by atoms with van der Waals surface area (Å²) in [6, 6.07) is 15.4. The van der Waals surface area contributed by atoms with Gasteiger partial charge in [-0.15, -0.1) is 0 Å². The molecule has 180 valence electrons. The van der Waals surface area contributed by atoms with Crippen molar-refractivity contribution in [1.29, 1.82) is 0 Å². The molecule has 4 rings (SSSR count). The number of amides is 1. The molecule has 0 aliphatic carbocycles. The van der Waals surface area contributed by atoms with E-state index in [2.05, 4.69) is 10.3 Å². The van der Waals surface area contributed by atoms with Gasteiger partial charge < -0.3 is 29.1 Å². The van der Waals surface area contributed by atoms with Gasteiger partial charge in [-0.1, -0.05) is 6.07 Å². The van der Waals surface area contributed by atoms with Crippen LogP contribution in [-0.4, -0.2) is 35.9 Å². The van der Waals surface area contributed by atoms with Gasteiger partial charge in [-0.05, 0) is 78.9 Å². The second-order valence-corrected chi connectivity index (χ2v) is 8.21. The number of thioether (sulfide) groups is 1. The third-order valence-electron chi connectivity index (χ3n) is 4.76. The summed E-state index contributed by atoms with van der Waals surface area (Å²) in [6.45, 7) is 2.54. The molecular formula is C25H22N2O7S. The molecular weight excluding hydrogens is 472 g/mol. The zero-order chi connectivity index (χ0) is 24.8. The van der Waals surface area contributed by atoms with Crippen molar-refractivity contribution in [3.63, 3.8) is 0 Å². The molecule has 1 aliphatic rings. The summed E-state index contributed by atoms with van der Waals surface area (Å²) in [6.07, 6.45) is 1.73. The Morgan fingerprint density at radius 1 is 1.11 bits per heavy atom. The van der Waals surface area contributed by atoms with Crippen LogP contribution in [0.3, 0.4) is 0 Å². The molecule has 2 N–H and O–H groups in total. The first-order chi connectivity index (χ1) is 16.9. The normalized spacial score (nSPS) is 15.3. The standard InChI is InChI=1S/C25H22N2O7S/c1-3-32-17-7-5-16(6-8-17)26-25-27-23(28)22(35-25)13-15-4-10-19(21(12-15)31-2)33-14-18-9-11-20(34-18)24(29)30/h4-13H,3,14H2,1-2H3,(H,29,30)(H,26,27,28). The van der Waals surface area contributed by atoms with Crippen molar-refractivity contribution in [2.24, 2.45) is 4.99 Å². The highest BCUT2D eigenvalue weighted by Gasteiger charge is 2.24. The number of ether oxygens (including phenoxy) is 3. The number of carboxylic acid groups (broad SMARTS) is 1. The molecule has 0 atom stereocenters. The van der Waals surface area contributed by atoms with Crippen LogP contribution < -0.4 is 19.5 Å². The van der Waals surface area contributed by atoms with E-state index in [4.69, 9.17) is 23.7 Å². The number of aliphatic imine (C=N–C) groups is 1. The predicted molar refractivity (Wildman–Crippen MR) is 131 cm³/mol. The quantitative estimate of drug-likeness (QED) is 0.405. The first-order valence-corrected chi connectivity index (χ1v) is 11.4. The minimum absolute atomic E-state index is 0.0354. The second kappa shape index (κ2) is 10.8. The summed E-state index contributed by atoms with van der Waals surface area (Å²) in [5, 5.41) is 12.2. The molecule has 1 amide bonds. The van der Waals surface area contributed by atoms with Gasteiger partial charge in [0.1, 0.15) is 18.1 Å². The number of carbonyl (C=O) groups excluding carboxylic acids is 1. The van der Waals surface area contributed by atoms with Crippen molar-refractivity contribution in [2.75, 3.05) is 13.7 Å². The minimum atomic E-state index is -1.15. The maximum Gasteiger partial charge on any atom is 0.371 e. The molecule has 0 bridgehead atoms. The second-order valence-electron chi connectivity index (χ2n) is 7.18. The van der Waals surface area contributed by atoms with E-state index in [9.17, 15) is 9.59 Å². The summed E-state index contributed by atoms with van der Waals surface area (Å²) in [4.78, 5) is 28.3. The number of nitrogens with one attached hydrogen (secondary N) is 1. The Bertz CT molecular complexity index is 1300. The van der Waals surface area contributed by atoms with Crippen molar-refractivity contribution in [2.45, 2.75) is 13.5 Å². The van der Waals surface area contributed by atoms with Crippen molar-refractivity contribution in [1.82, 2.24) is 5.32 Å². The number of hydrogen-bond acceptors (Lipinski definition) is 8. The van der Waals surface area contributed by atoms with E-state index in [0.29, 0.717) is 39.6 Å². The largest absolute Gasteiger partial charge is 0.494 e. The number of carbonyl (C=O) groups is 2. The molecule has 2 heterocycles. The summed E-state index contributed by atoms with van der Waals surface area (Å²) >= 11 is 1.24. The highest BCUT2D eigenvalue weighted by Crippen LogP contribution is 2.33. The van der Waals surface area contributed by atoms with Crippen molar-refractivity contribution < 1.29 is 33.3 Å². The molecule has 1 saturated heterocycles. The number of furan rings is 1. The van der Waals surface area contributed by atoms with Crippen molar-refractivity contribution >= 4 is 40.6 Å². The number of amidine groups is 1. The Morgan fingerprint density at radius 2 is 1.91 bits per heavy atom. The molecule has 0 radical (unpaired) electrons. The maximum absolute atomic E-state index is 12.4. The Balaban J connectivity index is 1.44. The highest BCUT2D eigenvalue weighted by atomic mass is 32.2. The van der Waals surface area contributed by atoms with Crippen LogP contribution in [0.15, 0.2) is 68.9 Å². The zero-order valence-corrected chi connectivity index (χ0v) is 19.8. The lowest BCUT2D eigenvalue weighted by atomic mass is 10.2. The first-order valence-electron chi connectivity index (χ1n) is 10.6. The number of hydrogen-bond donors (Lipinski definition) is 2. The van der Waals surface area contributed by atoms with Crippen LogP contribution in [0.2, 0.25) is 0 Å². The molecule has 1 aliphatic heterocycles. The molecule has 3 aromatic rings. The van der Waals surface area contributed by atoms with Gasteiger partial charge in [0.15, 0.2) is 16.7 Å². The Morgan fingerprint density at radius 3 is 2.60 bits per heavy atom. The summed E-state index contributed by atoms with van der Waals surface area (Å²) < 4.78 is 21.8. The molecule has 1 aromatic heterocycles. The van der Waals surface area contributed by atoms with Crippen molar-refractivity contribution in [3.05, 3.63) is 76.6 Å². The number of methoxy groups -OCH3 is 1. The van der Waals surface area contributed by atoms with Crippen LogP contribution in [-0.2, 0) is 11.4 Å². The van der Waals surface area contributed by atoms with Gasteiger partial charge in [0.05, 0.1) is 24.3 Å². The third-order valence-corrected chi connectivity index (χ3v) is 5.67. The molecule has 9 nitrogen and oxygen atoms in total. The van der Waals surface area contributed by atoms with Gasteiger partial charge in [0.2, 0.25) is 5.76 Å². The topological polar surface area (TPSA) is 120 Å². The number of rotatable bonds is 9. The molecule has 0 saturated carbocycles. The third kappa shape index (κ3) is 6.04. The average molecular weight is 495 g/mol. The highest BCUT2D eigenvalue weighted by molar-refractivity contribution is 8.18. The van der Waals surface area contributed by atoms with Crippen molar-refractivity contribution in [3.8, 4) is 17.2 Å². The van der Waals surface area contributed by atoms with Gasteiger partial charge in [-0.25, -0.2) is 9.79 Å². The van der Waals surface area contributed by atoms with E-state index < -0.39 is 5.97 Å². The van der Waals surface area contributed by atoms with Gasteiger partial charge in [-0.3, -0.25) is 4.79 Å². The average Bonchev–Trinajstić information content (AvgIpc) is 3.46. The molecule has 35 heavy (non-hydrogen) atoms. The van der Waals surface area contributed by atoms with Crippen LogP contribution in [0, 0.1) is 0 Å². The molecule has 10 heteroatoms. The summed E-state index contributed by atoms with van der Waals surface area (Å²) in [5.74, 6) is 0.485. The summed E-state index contributed by atoms with van der Waals surface area (Å²) in [5.41, 5.74) is 1.44. The SMILES string of the molecule is CCOc1ccc(N=C2NC(=O)C(=Cc3ccc(OCc4ccc(C(=O)O)o4)c(OC)c3)S2)cc1. The van der Waals surface area contributed by atoms with Gasteiger partial charge in [0.25, 0.3) is 5.91 Å². The predicted octanol–water partition coefficient (Wildman–Crippen LogP) is 4.86. The zero-order valence-electron chi connectivity index (χ0n) is 18.9. The van der Waals surface area contributed by atoms with E-state index in [1.807, 2.05) is 31.2 Å². The molecule has 0 unspecified atom stereocenters. The van der Waals surface area contributed by atoms with Gasteiger partial charge >= 0.3 is 5.97 Å². The first kappa shape index (κ1) is 24.0. The lowest BCUT2D eigenvalue weighted by molar-refractivity contribution is -0.115. The molecule has 2 aromatic carbocycles. The number of nitrogens with zero attached hydrogens (tertiary/aromatic N) is 1. The number of carboxylic acids is 1. The fourth-order valence-electron chi connectivity index (χ4n) is 3.15. The van der Waals surface area contributed by atoms with E-state index in [1.165, 1.54) is 31.0 Å². The molecule has 1 fully saturated rings. The smallest absolute Gasteiger partial charge is 0.371 e. The van der Waals surface area contributed by atoms with Crippen LogP contribution >= 0.6 is 11.8 Å². The number of aromatic carboxylic acids is 1. The van der Waals surface area contributed by atoms with Crippen LogP contribution in [0.1, 0.15) is 28.8 Å². The minimum Gasteiger partial charge on any atom is -0.494 e. The maximum atomic E-state index is 12.4. The van der Waals surface area contributed by atoms with E-state index >= 15 is 0 Å². The van der Waals surface area contributed by atoms with E-state index in [0.717, 1.165) is 11.3 Å². The van der Waals surface area contributed by atoms with Crippen LogP contribution in [0.25, 0.3) is 6.08 Å². The summed E-state index contributed by atoms with van der Waals surface area (Å²) in [7, 11) is 1.51. The Hall–Kier alpha value is -4.18. The van der Waals surface area contributed by atoms with Crippen LogP contribution in [0.4, 0.5) is 5.69 Å².